The number of carbonyl (C=O) groups is 2. The molecule has 0 radical (unpaired) electrons. The molecule has 0 aliphatic carbocycles. The molecule has 5 heteroatoms. The van der Waals surface area contributed by atoms with Crippen LogP contribution < -0.4 is 0 Å². The van der Waals surface area contributed by atoms with E-state index in [0.29, 0.717) is 32.0 Å². The third-order valence-corrected chi connectivity index (χ3v) is 3.48. The first-order chi connectivity index (χ1) is 9.81. The summed E-state index contributed by atoms with van der Waals surface area (Å²) in [5.74, 6) is 0.206. The van der Waals surface area contributed by atoms with E-state index in [-0.39, 0.29) is 12.1 Å². The molecule has 0 N–H and O–H groups in total. The molecule has 1 aliphatic heterocycles. The van der Waals surface area contributed by atoms with E-state index >= 15 is 0 Å². The molecule has 21 heavy (non-hydrogen) atoms. The number of carbonyl (C=O) groups excluding carboxylic acids is 2. The summed E-state index contributed by atoms with van der Waals surface area (Å²) in [6.07, 6.45) is 3.83. The number of hydrogen-bond acceptors (Lipinski definition) is 4. The summed E-state index contributed by atoms with van der Waals surface area (Å²) in [6.45, 7) is 9.49. The van der Waals surface area contributed by atoms with Gasteiger partial charge in [0.15, 0.2) is 0 Å². The topological polar surface area (TPSA) is 55.8 Å². The van der Waals surface area contributed by atoms with Crippen molar-refractivity contribution in [3.05, 3.63) is 0 Å². The van der Waals surface area contributed by atoms with Crippen LogP contribution in [0.2, 0.25) is 0 Å². The molecule has 1 aliphatic rings. The van der Waals surface area contributed by atoms with Crippen LogP contribution in [0.4, 0.5) is 4.79 Å². The number of esters is 1. The Labute approximate surface area is 128 Å². The van der Waals surface area contributed by atoms with Crippen LogP contribution in [0.1, 0.15) is 59.8 Å². The van der Waals surface area contributed by atoms with Gasteiger partial charge in [-0.05, 0) is 46.0 Å². The number of ether oxygens (including phenoxy) is 2. The van der Waals surface area contributed by atoms with E-state index in [2.05, 4.69) is 6.92 Å². The molecule has 0 aromatic rings. The fourth-order valence-electron chi connectivity index (χ4n) is 2.27. The van der Waals surface area contributed by atoms with Crippen LogP contribution in [-0.4, -0.2) is 42.3 Å². The highest BCUT2D eigenvalue weighted by Gasteiger charge is 2.27. The predicted molar refractivity (Wildman–Crippen MR) is 81.0 cm³/mol. The molecule has 1 saturated heterocycles. The normalized spacial score (nSPS) is 16.7. The van der Waals surface area contributed by atoms with E-state index < -0.39 is 5.60 Å². The van der Waals surface area contributed by atoms with Crippen molar-refractivity contribution in [3.8, 4) is 0 Å². The van der Waals surface area contributed by atoms with Crippen LogP contribution >= 0.6 is 0 Å². The van der Waals surface area contributed by atoms with Gasteiger partial charge >= 0.3 is 12.1 Å². The number of piperidine rings is 1. The minimum atomic E-state index is -0.461. The maximum absolute atomic E-state index is 11.9. The van der Waals surface area contributed by atoms with Crippen LogP contribution in [0.15, 0.2) is 0 Å². The monoisotopic (exact) mass is 299 g/mol. The zero-order chi connectivity index (χ0) is 15.9. The molecule has 1 amide bonds. The minimum absolute atomic E-state index is 0.112. The summed E-state index contributed by atoms with van der Waals surface area (Å²) >= 11 is 0. The fraction of sp³-hybridized carbons (Fsp3) is 0.875. The van der Waals surface area contributed by atoms with E-state index in [1.165, 1.54) is 0 Å². The van der Waals surface area contributed by atoms with E-state index in [9.17, 15) is 9.59 Å². The standard InChI is InChI=1S/C16H29NO4/c1-5-6-11-20-14(18)12-13-7-9-17(10-8-13)15(19)21-16(2,3)4/h13H,5-12H2,1-4H3. The lowest BCUT2D eigenvalue weighted by Gasteiger charge is -2.33. The van der Waals surface area contributed by atoms with Crippen molar-refractivity contribution in [1.29, 1.82) is 0 Å². The molecule has 0 spiro atoms. The average Bonchev–Trinajstić information content (AvgIpc) is 2.38. The number of rotatable bonds is 5. The molecular weight excluding hydrogens is 270 g/mol. The van der Waals surface area contributed by atoms with Gasteiger partial charge in [-0.1, -0.05) is 13.3 Å². The number of amides is 1. The summed E-state index contributed by atoms with van der Waals surface area (Å²) in [5, 5.41) is 0. The summed E-state index contributed by atoms with van der Waals surface area (Å²) in [5.41, 5.74) is -0.461. The van der Waals surface area contributed by atoms with E-state index in [1.54, 1.807) is 4.90 Å². The van der Waals surface area contributed by atoms with Crippen LogP contribution in [0, 0.1) is 5.92 Å². The number of nitrogens with zero attached hydrogens (tertiary/aromatic N) is 1. The summed E-state index contributed by atoms with van der Waals surface area (Å²) < 4.78 is 10.5. The highest BCUT2D eigenvalue weighted by atomic mass is 16.6. The van der Waals surface area contributed by atoms with Crippen LogP contribution in [0.5, 0.6) is 0 Å². The first kappa shape index (κ1) is 17.8. The Kier molecular flexibility index (Phi) is 6.99. The van der Waals surface area contributed by atoms with Crippen LogP contribution in [0.25, 0.3) is 0 Å². The maximum Gasteiger partial charge on any atom is 0.410 e. The molecule has 0 aromatic heterocycles. The molecular formula is C16H29NO4. The van der Waals surface area contributed by atoms with Gasteiger partial charge in [0.05, 0.1) is 6.61 Å². The van der Waals surface area contributed by atoms with Crippen molar-refractivity contribution in [1.82, 2.24) is 4.90 Å². The van der Waals surface area contributed by atoms with Crippen molar-refractivity contribution in [2.45, 2.75) is 65.4 Å². The smallest absolute Gasteiger partial charge is 0.410 e. The number of hydrogen-bond donors (Lipinski definition) is 0. The first-order valence-corrected chi connectivity index (χ1v) is 7.95. The van der Waals surface area contributed by atoms with Crippen molar-refractivity contribution in [3.63, 3.8) is 0 Å². The van der Waals surface area contributed by atoms with E-state index in [1.807, 2.05) is 20.8 Å². The van der Waals surface area contributed by atoms with Crippen molar-refractivity contribution < 1.29 is 19.1 Å². The fourth-order valence-corrected chi connectivity index (χ4v) is 2.27. The lowest BCUT2D eigenvalue weighted by Crippen LogP contribution is -2.42. The predicted octanol–water partition coefficient (Wildman–Crippen LogP) is 3.37. The lowest BCUT2D eigenvalue weighted by atomic mass is 9.94. The molecule has 0 atom stereocenters. The molecule has 0 saturated carbocycles. The average molecular weight is 299 g/mol. The highest BCUT2D eigenvalue weighted by molar-refractivity contribution is 5.70. The van der Waals surface area contributed by atoms with Crippen LogP contribution in [-0.2, 0) is 14.3 Å². The number of unbranched alkanes of at least 4 members (excludes halogenated alkanes) is 1. The quantitative estimate of drug-likeness (QED) is 0.577. The third kappa shape index (κ3) is 7.34. The van der Waals surface area contributed by atoms with E-state index in [0.717, 1.165) is 25.7 Å². The Balaban J connectivity index is 2.26. The SMILES string of the molecule is CCCCOC(=O)CC1CCN(C(=O)OC(C)(C)C)CC1. The molecule has 0 aromatic carbocycles. The summed E-state index contributed by atoms with van der Waals surface area (Å²) in [4.78, 5) is 25.3. The Morgan fingerprint density at radius 1 is 1.19 bits per heavy atom. The Bertz CT molecular complexity index is 341. The summed E-state index contributed by atoms with van der Waals surface area (Å²) in [6, 6.07) is 0. The molecule has 0 bridgehead atoms. The largest absolute Gasteiger partial charge is 0.466 e. The Morgan fingerprint density at radius 2 is 1.81 bits per heavy atom. The maximum atomic E-state index is 11.9. The van der Waals surface area contributed by atoms with Gasteiger partial charge in [-0.3, -0.25) is 4.79 Å². The van der Waals surface area contributed by atoms with Gasteiger partial charge in [-0.15, -0.1) is 0 Å². The van der Waals surface area contributed by atoms with Gasteiger partial charge in [-0.2, -0.15) is 0 Å². The Morgan fingerprint density at radius 3 is 2.33 bits per heavy atom. The second-order valence-corrected chi connectivity index (χ2v) is 6.69. The second kappa shape index (κ2) is 8.25. The molecule has 1 fully saturated rings. The van der Waals surface area contributed by atoms with E-state index in [4.69, 9.17) is 9.47 Å². The van der Waals surface area contributed by atoms with Gasteiger partial charge in [0.2, 0.25) is 0 Å². The second-order valence-electron chi connectivity index (χ2n) is 6.69. The van der Waals surface area contributed by atoms with Gasteiger partial charge in [0, 0.05) is 19.5 Å². The highest BCUT2D eigenvalue weighted by Crippen LogP contribution is 2.22. The third-order valence-electron chi connectivity index (χ3n) is 3.48. The minimum Gasteiger partial charge on any atom is -0.466 e. The molecule has 1 rings (SSSR count). The first-order valence-electron chi connectivity index (χ1n) is 7.95. The van der Waals surface area contributed by atoms with Crippen LogP contribution in [0.3, 0.4) is 0 Å². The van der Waals surface area contributed by atoms with Gasteiger partial charge in [-0.25, -0.2) is 4.79 Å². The molecule has 0 unspecified atom stereocenters. The molecule has 122 valence electrons. The zero-order valence-electron chi connectivity index (χ0n) is 13.8. The van der Waals surface area contributed by atoms with Crippen molar-refractivity contribution in [2.24, 2.45) is 5.92 Å². The van der Waals surface area contributed by atoms with Gasteiger partial charge < -0.3 is 14.4 Å². The lowest BCUT2D eigenvalue weighted by molar-refractivity contribution is -0.145. The van der Waals surface area contributed by atoms with Gasteiger partial charge in [0.1, 0.15) is 5.60 Å². The Hall–Kier alpha value is -1.26. The summed E-state index contributed by atoms with van der Waals surface area (Å²) in [7, 11) is 0. The molecule has 5 nitrogen and oxygen atoms in total. The van der Waals surface area contributed by atoms with Crippen molar-refractivity contribution in [2.75, 3.05) is 19.7 Å². The van der Waals surface area contributed by atoms with Gasteiger partial charge in [0.25, 0.3) is 0 Å². The van der Waals surface area contributed by atoms with Crippen molar-refractivity contribution >= 4 is 12.1 Å². The number of likely N-dealkylation sites (tertiary alicyclic amines) is 1. The zero-order valence-corrected chi connectivity index (χ0v) is 13.8. The molecule has 1 heterocycles.